The third-order valence-electron chi connectivity index (χ3n) is 3.88. The van der Waals surface area contributed by atoms with Gasteiger partial charge in [-0.25, -0.2) is 13.2 Å². The number of carbonyl (C=O) groups is 1. The molecule has 142 valence electrons. The normalized spacial score (nSPS) is 21.2. The molecule has 0 unspecified atom stereocenters. The summed E-state index contributed by atoms with van der Waals surface area (Å²) in [4.78, 5) is 18.0. The van der Waals surface area contributed by atoms with Gasteiger partial charge in [0.1, 0.15) is 0 Å². The van der Waals surface area contributed by atoms with Gasteiger partial charge in [0.15, 0.2) is 5.71 Å². The summed E-state index contributed by atoms with van der Waals surface area (Å²) in [6.45, 7) is 1.62. The topological polar surface area (TPSA) is 79.3 Å². The third-order valence-corrected chi connectivity index (χ3v) is 6.28. The molecule has 2 aliphatic heterocycles. The number of oxime groups is 1. The maximum atomic E-state index is 12.9. The van der Waals surface area contributed by atoms with Crippen molar-refractivity contribution >= 4 is 44.1 Å². The number of thiophene rings is 1. The number of hydrogen-bond acceptors (Lipinski definition) is 7. The Balaban J connectivity index is 1.75. The minimum atomic E-state index is -4.78. The molecular weight excluding hydrogens is 395 g/mol. The lowest BCUT2D eigenvalue weighted by molar-refractivity contribution is -0.136. The van der Waals surface area contributed by atoms with Crippen LogP contribution in [0, 0.1) is 0 Å². The predicted octanol–water partition coefficient (Wildman–Crippen LogP) is 1.69. The molecule has 1 aromatic heterocycles. The van der Waals surface area contributed by atoms with E-state index >= 15 is 0 Å². The molecule has 0 atom stereocenters. The van der Waals surface area contributed by atoms with E-state index in [1.54, 1.807) is 12.1 Å². The van der Waals surface area contributed by atoms with Gasteiger partial charge in [-0.3, -0.25) is 0 Å². The molecule has 0 aromatic carbocycles. The number of halogens is 3. The average Bonchev–Trinajstić information content (AvgIpc) is 3.14. The van der Waals surface area contributed by atoms with Crippen LogP contribution in [0.15, 0.2) is 22.9 Å². The molecule has 1 aromatic rings. The smallest absolute Gasteiger partial charge is 0.361 e. The van der Waals surface area contributed by atoms with Gasteiger partial charge in [0, 0.05) is 31.1 Å². The number of anilines is 1. The minimum absolute atomic E-state index is 0.338. The summed E-state index contributed by atoms with van der Waals surface area (Å²) in [5.74, 6) is -1.14. The summed E-state index contributed by atoms with van der Waals surface area (Å²) in [5.41, 5.74) is -1.98. The maximum Gasteiger partial charge on any atom is 0.437 e. The van der Waals surface area contributed by atoms with Gasteiger partial charge in [0.05, 0.1) is 16.8 Å². The summed E-state index contributed by atoms with van der Waals surface area (Å²) >= 11 is 1.20. The Kier molecular flexibility index (Phi) is 4.84. The summed E-state index contributed by atoms with van der Waals surface area (Å²) in [5, 5.41) is 3.58. The standard InChI is InChI=1S/C14H14F3N3O4S2/c1-26(22,23)20-6-4-19(5-7-20)11-3-2-9(25-11)8-10-12(14(15,16)17)18-24-13(10)21/h2-3,8H,4-7H2,1H3. The molecule has 3 rings (SSSR count). The minimum Gasteiger partial charge on any atom is -0.361 e. The van der Waals surface area contributed by atoms with E-state index in [0.717, 1.165) is 17.3 Å². The fraction of sp³-hybridized carbons (Fsp3) is 0.429. The molecule has 0 radical (unpaired) electrons. The van der Waals surface area contributed by atoms with Crippen molar-refractivity contribution in [2.24, 2.45) is 5.16 Å². The second kappa shape index (κ2) is 6.67. The van der Waals surface area contributed by atoms with Crippen molar-refractivity contribution in [1.29, 1.82) is 0 Å². The van der Waals surface area contributed by atoms with Crippen LogP contribution in [0.25, 0.3) is 6.08 Å². The Labute approximate surface area is 151 Å². The zero-order chi connectivity index (χ0) is 19.1. The Bertz CT molecular complexity index is 881. The fourth-order valence-corrected chi connectivity index (χ4v) is 4.41. The Hall–Kier alpha value is -1.92. The van der Waals surface area contributed by atoms with E-state index in [9.17, 15) is 26.4 Å². The Morgan fingerprint density at radius 1 is 1.23 bits per heavy atom. The van der Waals surface area contributed by atoms with E-state index in [1.807, 2.05) is 4.90 Å². The van der Waals surface area contributed by atoms with Crippen molar-refractivity contribution in [2.45, 2.75) is 6.18 Å². The summed E-state index contributed by atoms with van der Waals surface area (Å²) in [7, 11) is -3.24. The predicted molar refractivity (Wildman–Crippen MR) is 90.5 cm³/mol. The van der Waals surface area contributed by atoms with Crippen molar-refractivity contribution in [3.8, 4) is 0 Å². The SMILES string of the molecule is CS(=O)(=O)N1CCN(c2ccc(C=C3C(=O)ON=C3C(F)(F)F)s2)CC1. The monoisotopic (exact) mass is 409 g/mol. The fourth-order valence-electron chi connectivity index (χ4n) is 2.59. The van der Waals surface area contributed by atoms with Gasteiger partial charge in [-0.05, 0) is 18.2 Å². The van der Waals surface area contributed by atoms with Crippen molar-refractivity contribution in [3.63, 3.8) is 0 Å². The van der Waals surface area contributed by atoms with Gasteiger partial charge in [0.25, 0.3) is 0 Å². The summed E-state index contributed by atoms with van der Waals surface area (Å²) < 4.78 is 63.0. The van der Waals surface area contributed by atoms with Crippen LogP contribution in [-0.2, 0) is 19.7 Å². The number of carbonyl (C=O) groups excluding carboxylic acids is 1. The lowest BCUT2D eigenvalue weighted by Crippen LogP contribution is -2.48. The van der Waals surface area contributed by atoms with Crippen LogP contribution in [0.1, 0.15) is 4.88 Å². The van der Waals surface area contributed by atoms with Crippen LogP contribution in [0.3, 0.4) is 0 Å². The molecule has 12 heteroatoms. The van der Waals surface area contributed by atoms with Crippen LogP contribution in [0.5, 0.6) is 0 Å². The molecule has 0 N–H and O–H groups in total. The molecule has 0 amide bonds. The van der Waals surface area contributed by atoms with Gasteiger partial charge in [-0.2, -0.15) is 17.5 Å². The quantitative estimate of drug-likeness (QED) is 0.561. The first-order valence-corrected chi connectivity index (χ1v) is 10.1. The van der Waals surface area contributed by atoms with Crippen molar-refractivity contribution in [3.05, 3.63) is 22.6 Å². The number of nitrogens with zero attached hydrogens (tertiary/aromatic N) is 3. The largest absolute Gasteiger partial charge is 0.437 e. The lowest BCUT2D eigenvalue weighted by Gasteiger charge is -2.33. The second-order valence-corrected chi connectivity index (χ2v) is 8.78. The van der Waals surface area contributed by atoms with Crippen molar-refractivity contribution in [1.82, 2.24) is 4.31 Å². The molecule has 0 aliphatic carbocycles. The molecule has 3 heterocycles. The third kappa shape index (κ3) is 3.91. The lowest BCUT2D eigenvalue weighted by atomic mass is 10.1. The highest BCUT2D eigenvalue weighted by Crippen LogP contribution is 2.32. The van der Waals surface area contributed by atoms with E-state index in [-0.39, 0.29) is 0 Å². The highest BCUT2D eigenvalue weighted by molar-refractivity contribution is 7.88. The molecular formula is C14H14F3N3O4S2. The highest BCUT2D eigenvalue weighted by Gasteiger charge is 2.45. The zero-order valence-electron chi connectivity index (χ0n) is 13.5. The number of hydrogen-bond donors (Lipinski definition) is 0. The average molecular weight is 409 g/mol. The Morgan fingerprint density at radius 3 is 2.46 bits per heavy atom. The van der Waals surface area contributed by atoms with Gasteiger partial charge < -0.3 is 9.74 Å². The van der Waals surface area contributed by atoms with Crippen molar-refractivity contribution < 1.29 is 31.2 Å². The van der Waals surface area contributed by atoms with Crippen molar-refractivity contribution in [2.75, 3.05) is 37.3 Å². The molecule has 1 fully saturated rings. The van der Waals surface area contributed by atoms with E-state index in [2.05, 4.69) is 9.99 Å². The van der Waals surface area contributed by atoms with Gasteiger partial charge in [0.2, 0.25) is 10.0 Å². The number of piperazine rings is 1. The number of rotatable bonds is 3. The number of alkyl halides is 3. The van der Waals surface area contributed by atoms with E-state index in [1.165, 1.54) is 15.6 Å². The van der Waals surface area contributed by atoms with Crippen LogP contribution in [0.2, 0.25) is 0 Å². The van der Waals surface area contributed by atoms with E-state index < -0.39 is 33.5 Å². The van der Waals surface area contributed by atoms with Gasteiger partial charge >= 0.3 is 12.1 Å². The van der Waals surface area contributed by atoms with E-state index in [4.69, 9.17) is 0 Å². The molecule has 2 aliphatic rings. The van der Waals surface area contributed by atoms with E-state index in [0.29, 0.717) is 31.1 Å². The highest BCUT2D eigenvalue weighted by atomic mass is 32.2. The van der Waals surface area contributed by atoms with Crippen LogP contribution in [-0.4, -0.2) is 63.0 Å². The Morgan fingerprint density at radius 2 is 1.88 bits per heavy atom. The number of sulfonamides is 1. The molecule has 0 spiro atoms. The first kappa shape index (κ1) is 18.9. The maximum absolute atomic E-state index is 12.9. The summed E-state index contributed by atoms with van der Waals surface area (Å²) in [6, 6.07) is 3.31. The molecule has 1 saturated heterocycles. The van der Waals surface area contributed by atoms with Crippen LogP contribution in [0.4, 0.5) is 18.2 Å². The molecule has 7 nitrogen and oxygen atoms in total. The second-order valence-electron chi connectivity index (χ2n) is 5.70. The van der Waals surface area contributed by atoms with Gasteiger partial charge in [-0.15, -0.1) is 11.3 Å². The van der Waals surface area contributed by atoms with Crippen LogP contribution >= 0.6 is 11.3 Å². The molecule has 26 heavy (non-hydrogen) atoms. The van der Waals surface area contributed by atoms with Crippen LogP contribution < -0.4 is 4.90 Å². The summed E-state index contributed by atoms with van der Waals surface area (Å²) in [6.07, 6.45) is -2.53. The first-order chi connectivity index (χ1) is 12.1. The first-order valence-electron chi connectivity index (χ1n) is 7.44. The van der Waals surface area contributed by atoms with Gasteiger partial charge in [-0.1, -0.05) is 5.16 Å². The zero-order valence-corrected chi connectivity index (χ0v) is 15.1. The molecule has 0 bridgehead atoms. The molecule has 0 saturated carbocycles.